The first kappa shape index (κ1) is 12.9. The van der Waals surface area contributed by atoms with Gasteiger partial charge in [-0.05, 0) is 42.2 Å². The summed E-state index contributed by atoms with van der Waals surface area (Å²) < 4.78 is 20.1. The zero-order valence-corrected chi connectivity index (χ0v) is 11.9. The number of nitrogens with two attached hydrogens (primary N) is 1. The third-order valence-corrected chi connectivity index (χ3v) is 4.52. The van der Waals surface area contributed by atoms with Crippen LogP contribution in [0.2, 0.25) is 5.02 Å². The number of anilines is 1. The lowest BCUT2D eigenvalue weighted by molar-refractivity contribution is 0.0447. The van der Waals surface area contributed by atoms with Crippen molar-refractivity contribution in [2.24, 2.45) is 0 Å². The Morgan fingerprint density at radius 3 is 2.71 bits per heavy atom. The van der Waals surface area contributed by atoms with E-state index in [4.69, 9.17) is 22.1 Å². The normalized spacial score (nSPS) is 18.0. The molecule has 2 aromatic rings. The molecule has 21 heavy (non-hydrogen) atoms. The molecular weight excluding hydrogens is 293 g/mol. The number of hydrogen-bond donors (Lipinski definition) is 2. The molecule has 3 nitrogen and oxygen atoms in total. The van der Waals surface area contributed by atoms with Crippen LogP contribution in [0.25, 0.3) is 11.1 Å². The van der Waals surface area contributed by atoms with E-state index in [9.17, 15) is 9.50 Å². The third kappa shape index (κ3) is 1.76. The van der Waals surface area contributed by atoms with Gasteiger partial charge in [-0.1, -0.05) is 17.7 Å². The molecule has 3 N–H and O–H groups in total. The Bertz CT molecular complexity index is 748. The van der Waals surface area contributed by atoms with Crippen molar-refractivity contribution in [2.45, 2.75) is 25.0 Å². The van der Waals surface area contributed by atoms with E-state index >= 15 is 0 Å². The van der Waals surface area contributed by atoms with Crippen molar-refractivity contribution < 1.29 is 14.2 Å². The summed E-state index contributed by atoms with van der Waals surface area (Å²) in [6.07, 6.45) is 1.87. The molecule has 0 saturated heterocycles. The van der Waals surface area contributed by atoms with E-state index in [0.29, 0.717) is 17.9 Å². The lowest BCUT2D eigenvalue weighted by atomic mass is 9.92. The number of phenols is 1. The largest absolute Gasteiger partial charge is 0.507 e. The molecule has 108 valence electrons. The van der Waals surface area contributed by atoms with Crippen molar-refractivity contribution >= 4 is 17.3 Å². The minimum absolute atomic E-state index is 0.150. The molecule has 1 spiro atoms. The molecule has 0 atom stereocenters. The second-order valence-corrected chi connectivity index (χ2v) is 6.06. The molecule has 5 heteroatoms. The summed E-state index contributed by atoms with van der Waals surface area (Å²) in [6, 6.07) is 6.01. The van der Waals surface area contributed by atoms with Crippen LogP contribution in [0.4, 0.5) is 10.1 Å². The number of fused-ring (bicyclic) bond motifs is 2. The highest BCUT2D eigenvalue weighted by Crippen LogP contribution is 2.58. The summed E-state index contributed by atoms with van der Waals surface area (Å²) in [6.45, 7) is 0.386. The van der Waals surface area contributed by atoms with Gasteiger partial charge in [0.2, 0.25) is 0 Å². The highest BCUT2D eigenvalue weighted by Gasteiger charge is 2.52. The fourth-order valence-corrected chi connectivity index (χ4v) is 3.40. The number of benzene rings is 2. The first-order valence-corrected chi connectivity index (χ1v) is 7.14. The Morgan fingerprint density at radius 2 is 2.05 bits per heavy atom. The maximum atomic E-state index is 14.3. The van der Waals surface area contributed by atoms with Crippen LogP contribution in [0, 0.1) is 5.82 Å². The predicted molar refractivity (Wildman–Crippen MR) is 78.6 cm³/mol. The van der Waals surface area contributed by atoms with Crippen molar-refractivity contribution in [3.63, 3.8) is 0 Å². The SMILES string of the molecule is Nc1ccc(-c2c(O)cc(Cl)cc2F)c2c1C1(CC1)OC2. The molecule has 0 radical (unpaired) electrons. The average molecular weight is 306 g/mol. The van der Waals surface area contributed by atoms with Crippen molar-refractivity contribution in [1.82, 2.24) is 0 Å². The lowest BCUT2D eigenvalue weighted by Gasteiger charge is -2.14. The van der Waals surface area contributed by atoms with Gasteiger partial charge in [0, 0.05) is 16.3 Å². The molecule has 2 aromatic carbocycles. The zero-order valence-electron chi connectivity index (χ0n) is 11.1. The van der Waals surface area contributed by atoms with Gasteiger partial charge in [0.25, 0.3) is 0 Å². The lowest BCUT2D eigenvalue weighted by Crippen LogP contribution is -2.06. The maximum absolute atomic E-state index is 14.3. The maximum Gasteiger partial charge on any atom is 0.136 e. The summed E-state index contributed by atoms with van der Waals surface area (Å²) in [7, 11) is 0. The molecule has 0 unspecified atom stereocenters. The van der Waals surface area contributed by atoms with E-state index in [0.717, 1.165) is 24.0 Å². The molecule has 4 rings (SSSR count). The summed E-state index contributed by atoms with van der Waals surface area (Å²) in [4.78, 5) is 0. The van der Waals surface area contributed by atoms with E-state index in [2.05, 4.69) is 0 Å². The number of halogens is 2. The molecule has 2 aliphatic rings. The predicted octanol–water partition coefficient (Wildman–Crippen LogP) is 3.95. The van der Waals surface area contributed by atoms with E-state index in [1.807, 2.05) is 0 Å². The second kappa shape index (κ2) is 4.12. The molecule has 0 aromatic heterocycles. The van der Waals surface area contributed by atoms with Crippen LogP contribution >= 0.6 is 11.6 Å². The van der Waals surface area contributed by atoms with E-state index in [1.54, 1.807) is 12.1 Å². The van der Waals surface area contributed by atoms with Crippen LogP contribution in [0.15, 0.2) is 24.3 Å². The summed E-state index contributed by atoms with van der Waals surface area (Å²) >= 11 is 5.76. The fraction of sp³-hybridized carbons (Fsp3) is 0.250. The van der Waals surface area contributed by atoms with Gasteiger partial charge in [-0.2, -0.15) is 0 Å². The van der Waals surface area contributed by atoms with Gasteiger partial charge < -0.3 is 15.6 Å². The number of hydrogen-bond acceptors (Lipinski definition) is 3. The minimum Gasteiger partial charge on any atom is -0.507 e. The van der Waals surface area contributed by atoms with Crippen molar-refractivity contribution in [3.8, 4) is 16.9 Å². The van der Waals surface area contributed by atoms with Gasteiger partial charge in [-0.15, -0.1) is 0 Å². The highest BCUT2D eigenvalue weighted by atomic mass is 35.5. The van der Waals surface area contributed by atoms with Crippen molar-refractivity contribution in [3.05, 3.63) is 46.2 Å². The third-order valence-electron chi connectivity index (χ3n) is 4.30. The number of ether oxygens (including phenoxy) is 1. The number of rotatable bonds is 1. The fourth-order valence-electron chi connectivity index (χ4n) is 3.21. The van der Waals surface area contributed by atoms with Crippen LogP contribution in [0.1, 0.15) is 24.0 Å². The molecule has 1 aliphatic carbocycles. The Morgan fingerprint density at radius 1 is 1.29 bits per heavy atom. The minimum atomic E-state index is -0.552. The van der Waals surface area contributed by atoms with E-state index in [1.165, 1.54) is 12.1 Å². The number of aromatic hydroxyl groups is 1. The molecule has 1 fully saturated rings. The standard InChI is InChI=1S/C16H13ClFNO2/c17-8-5-11(18)14(13(20)6-8)9-1-2-12(19)15-10(9)7-21-16(15)3-4-16/h1-2,5-6,20H,3-4,7,19H2. The number of phenolic OH excluding ortho intramolecular Hbond substituents is 1. The van der Waals surface area contributed by atoms with Gasteiger partial charge in [-0.25, -0.2) is 4.39 Å². The summed E-state index contributed by atoms with van der Waals surface area (Å²) in [5.74, 6) is -0.729. The van der Waals surface area contributed by atoms with E-state index in [-0.39, 0.29) is 21.9 Å². The van der Waals surface area contributed by atoms with Gasteiger partial charge >= 0.3 is 0 Å². The van der Waals surface area contributed by atoms with Gasteiger partial charge in [0.05, 0.1) is 17.8 Å². The van der Waals surface area contributed by atoms with Crippen LogP contribution < -0.4 is 5.73 Å². The van der Waals surface area contributed by atoms with Gasteiger partial charge in [0.1, 0.15) is 11.6 Å². The Labute approximate surface area is 126 Å². The first-order valence-electron chi connectivity index (χ1n) is 6.76. The first-order chi connectivity index (χ1) is 10.0. The molecule has 1 aliphatic heterocycles. The topological polar surface area (TPSA) is 55.5 Å². The quantitative estimate of drug-likeness (QED) is 0.784. The molecule has 0 amide bonds. The highest BCUT2D eigenvalue weighted by molar-refractivity contribution is 6.30. The summed E-state index contributed by atoms with van der Waals surface area (Å²) in [5.41, 5.74) is 9.05. The monoisotopic (exact) mass is 305 g/mol. The smallest absolute Gasteiger partial charge is 0.136 e. The molecule has 1 saturated carbocycles. The molecule has 0 bridgehead atoms. The number of nitrogen functional groups attached to an aromatic ring is 1. The van der Waals surface area contributed by atoms with Crippen LogP contribution in [-0.2, 0) is 16.9 Å². The average Bonchev–Trinajstić information content (AvgIpc) is 3.06. The Balaban J connectivity index is 1.98. The Hall–Kier alpha value is -1.78. The van der Waals surface area contributed by atoms with Crippen LogP contribution in [0.5, 0.6) is 5.75 Å². The van der Waals surface area contributed by atoms with Crippen molar-refractivity contribution in [1.29, 1.82) is 0 Å². The Kier molecular flexibility index (Phi) is 2.53. The summed E-state index contributed by atoms with van der Waals surface area (Å²) in [5, 5.41) is 10.2. The van der Waals surface area contributed by atoms with Crippen molar-refractivity contribution in [2.75, 3.05) is 5.73 Å². The van der Waals surface area contributed by atoms with E-state index < -0.39 is 5.82 Å². The van der Waals surface area contributed by atoms with Crippen LogP contribution in [-0.4, -0.2) is 5.11 Å². The van der Waals surface area contributed by atoms with Gasteiger partial charge in [-0.3, -0.25) is 0 Å². The molecular formula is C16H13ClFNO2. The second-order valence-electron chi connectivity index (χ2n) is 5.62. The van der Waals surface area contributed by atoms with Crippen LogP contribution in [0.3, 0.4) is 0 Å². The molecule has 1 heterocycles. The van der Waals surface area contributed by atoms with Gasteiger partial charge in [0.15, 0.2) is 0 Å². The zero-order chi connectivity index (χ0) is 14.8.